The van der Waals surface area contributed by atoms with Crippen LogP contribution < -0.4 is 14.9 Å². The fourth-order valence-electron chi connectivity index (χ4n) is 1.49. The maximum atomic E-state index is 11.0. The Bertz CT molecular complexity index is 634. The SMILES string of the molecule is N#CCC(=O)NN=Cc1cc2c(cc1[N+](=O)[O-])OCO2. The fourth-order valence-corrected chi connectivity index (χ4v) is 1.49. The molecule has 0 saturated carbocycles. The van der Waals surface area contributed by atoms with Gasteiger partial charge in [-0.2, -0.15) is 10.4 Å². The molecule has 1 amide bonds. The minimum atomic E-state index is -0.604. The number of hydrogen-bond donors (Lipinski definition) is 1. The first kappa shape index (κ1) is 13.3. The highest BCUT2D eigenvalue weighted by molar-refractivity contribution is 5.88. The van der Waals surface area contributed by atoms with Gasteiger partial charge in [0.1, 0.15) is 6.42 Å². The molecule has 1 aliphatic heterocycles. The molecule has 0 atom stereocenters. The second-order valence-corrected chi connectivity index (χ2v) is 3.65. The second-order valence-electron chi connectivity index (χ2n) is 3.65. The lowest BCUT2D eigenvalue weighted by Crippen LogP contribution is -2.16. The standard InChI is InChI=1S/C11H8N4O5/c12-2-1-11(16)14-13-5-7-3-9-10(20-6-19-9)4-8(7)15(17)18/h3-5H,1,6H2,(H,14,16). The van der Waals surface area contributed by atoms with Gasteiger partial charge in [-0.05, 0) is 6.07 Å². The van der Waals surface area contributed by atoms with E-state index in [9.17, 15) is 14.9 Å². The first-order valence-electron chi connectivity index (χ1n) is 5.38. The number of benzene rings is 1. The number of hydrazone groups is 1. The maximum absolute atomic E-state index is 11.0. The van der Waals surface area contributed by atoms with Gasteiger partial charge in [0.25, 0.3) is 11.6 Å². The van der Waals surface area contributed by atoms with Crippen LogP contribution in [0.3, 0.4) is 0 Å². The number of rotatable bonds is 4. The van der Waals surface area contributed by atoms with Crippen molar-refractivity contribution in [3.8, 4) is 17.6 Å². The third-order valence-electron chi connectivity index (χ3n) is 2.35. The summed E-state index contributed by atoms with van der Waals surface area (Å²) in [6.07, 6.45) is 0.760. The average Bonchev–Trinajstić information content (AvgIpc) is 2.85. The molecule has 1 aliphatic rings. The highest BCUT2D eigenvalue weighted by atomic mass is 16.7. The number of nitro benzene ring substituents is 1. The van der Waals surface area contributed by atoms with Gasteiger partial charge in [0, 0.05) is 0 Å². The summed E-state index contributed by atoms with van der Waals surface area (Å²) in [6, 6.07) is 4.26. The Labute approximate surface area is 112 Å². The van der Waals surface area contributed by atoms with Crippen molar-refractivity contribution in [2.45, 2.75) is 6.42 Å². The summed E-state index contributed by atoms with van der Waals surface area (Å²) in [4.78, 5) is 21.4. The highest BCUT2D eigenvalue weighted by Gasteiger charge is 2.22. The van der Waals surface area contributed by atoms with E-state index in [1.54, 1.807) is 6.07 Å². The van der Waals surface area contributed by atoms with Crippen molar-refractivity contribution in [1.29, 1.82) is 5.26 Å². The summed E-state index contributed by atoms with van der Waals surface area (Å²) in [7, 11) is 0. The monoisotopic (exact) mass is 276 g/mol. The molecule has 0 unspecified atom stereocenters. The van der Waals surface area contributed by atoms with Crippen LogP contribution in [-0.2, 0) is 4.79 Å². The number of nitriles is 1. The Morgan fingerprint density at radius 3 is 2.90 bits per heavy atom. The molecule has 1 aromatic rings. The maximum Gasteiger partial charge on any atom is 0.282 e. The average molecular weight is 276 g/mol. The topological polar surface area (TPSA) is 127 Å². The van der Waals surface area contributed by atoms with Crippen LogP contribution in [0.2, 0.25) is 0 Å². The molecular weight excluding hydrogens is 268 g/mol. The molecule has 102 valence electrons. The molecule has 1 aromatic carbocycles. The lowest BCUT2D eigenvalue weighted by molar-refractivity contribution is -0.385. The zero-order valence-corrected chi connectivity index (χ0v) is 10.0. The second kappa shape index (κ2) is 5.66. The van der Waals surface area contributed by atoms with Crippen molar-refractivity contribution in [3.05, 3.63) is 27.8 Å². The van der Waals surface area contributed by atoms with Crippen LogP contribution in [0.5, 0.6) is 11.5 Å². The van der Waals surface area contributed by atoms with Gasteiger partial charge in [-0.15, -0.1) is 0 Å². The molecule has 0 saturated heterocycles. The van der Waals surface area contributed by atoms with Crippen LogP contribution in [0.15, 0.2) is 17.2 Å². The zero-order valence-electron chi connectivity index (χ0n) is 10.0. The molecule has 0 bridgehead atoms. The van der Waals surface area contributed by atoms with Gasteiger partial charge >= 0.3 is 0 Å². The number of nitro groups is 1. The number of carbonyl (C=O) groups excluding carboxylic acids is 1. The van der Waals surface area contributed by atoms with Crippen LogP contribution >= 0.6 is 0 Å². The van der Waals surface area contributed by atoms with E-state index >= 15 is 0 Å². The summed E-state index contributed by atoms with van der Waals surface area (Å²) in [5.41, 5.74) is 2.00. The smallest absolute Gasteiger partial charge is 0.282 e. The molecule has 9 heteroatoms. The summed E-state index contributed by atoms with van der Waals surface area (Å²) < 4.78 is 10.1. The van der Waals surface area contributed by atoms with E-state index in [1.165, 1.54) is 12.1 Å². The van der Waals surface area contributed by atoms with Crippen molar-refractivity contribution >= 4 is 17.8 Å². The van der Waals surface area contributed by atoms with Gasteiger partial charge in [-0.25, -0.2) is 5.43 Å². The first-order chi connectivity index (χ1) is 9.61. The molecular formula is C11H8N4O5. The Kier molecular flexibility index (Phi) is 3.76. The minimum absolute atomic E-state index is 0.00795. The fraction of sp³-hybridized carbons (Fsp3) is 0.182. The Morgan fingerprint density at radius 2 is 2.25 bits per heavy atom. The van der Waals surface area contributed by atoms with Gasteiger partial charge < -0.3 is 9.47 Å². The van der Waals surface area contributed by atoms with E-state index in [1.807, 2.05) is 0 Å². The molecule has 0 aromatic heterocycles. The normalized spacial score (nSPS) is 12.2. The van der Waals surface area contributed by atoms with Crippen molar-refractivity contribution < 1.29 is 19.2 Å². The van der Waals surface area contributed by atoms with E-state index in [4.69, 9.17) is 14.7 Å². The lowest BCUT2D eigenvalue weighted by atomic mass is 10.1. The molecule has 1 N–H and O–H groups in total. The summed E-state index contributed by atoms with van der Waals surface area (Å²) in [5, 5.41) is 22.8. The van der Waals surface area contributed by atoms with Gasteiger partial charge in [-0.1, -0.05) is 0 Å². The molecule has 9 nitrogen and oxygen atoms in total. The first-order valence-corrected chi connectivity index (χ1v) is 5.38. The number of amides is 1. The number of carbonyl (C=O) groups is 1. The predicted octanol–water partition coefficient (Wildman–Crippen LogP) is 0.687. The van der Waals surface area contributed by atoms with E-state index in [0.717, 1.165) is 6.21 Å². The van der Waals surface area contributed by atoms with Gasteiger partial charge in [-0.3, -0.25) is 14.9 Å². The van der Waals surface area contributed by atoms with Gasteiger partial charge in [0.05, 0.1) is 28.8 Å². The van der Waals surface area contributed by atoms with Crippen LogP contribution in [0, 0.1) is 21.4 Å². The van der Waals surface area contributed by atoms with Crippen molar-refractivity contribution in [2.75, 3.05) is 6.79 Å². The van der Waals surface area contributed by atoms with Gasteiger partial charge in [0.2, 0.25) is 6.79 Å². The quantitative estimate of drug-likeness (QED) is 0.489. The Hall–Kier alpha value is -3.15. The summed E-state index contributed by atoms with van der Waals surface area (Å²) in [6.45, 7) is -0.00795. The van der Waals surface area contributed by atoms with E-state index in [0.29, 0.717) is 5.75 Å². The number of nitrogens with zero attached hydrogens (tertiary/aromatic N) is 3. The minimum Gasteiger partial charge on any atom is -0.454 e. The molecule has 0 aliphatic carbocycles. The van der Waals surface area contributed by atoms with E-state index in [2.05, 4.69) is 10.5 Å². The molecule has 20 heavy (non-hydrogen) atoms. The molecule has 2 rings (SSSR count). The largest absolute Gasteiger partial charge is 0.454 e. The summed E-state index contributed by atoms with van der Waals surface area (Å²) in [5.74, 6) is 0.0370. The summed E-state index contributed by atoms with van der Waals surface area (Å²) >= 11 is 0. The highest BCUT2D eigenvalue weighted by Crippen LogP contribution is 2.37. The van der Waals surface area contributed by atoms with Crippen LogP contribution in [0.1, 0.15) is 12.0 Å². The van der Waals surface area contributed by atoms with Crippen LogP contribution in [-0.4, -0.2) is 23.8 Å². The van der Waals surface area contributed by atoms with E-state index < -0.39 is 10.8 Å². The number of hydrogen-bond acceptors (Lipinski definition) is 7. The zero-order chi connectivity index (χ0) is 14.5. The number of ether oxygens (including phenoxy) is 2. The van der Waals surface area contributed by atoms with Crippen LogP contribution in [0.25, 0.3) is 0 Å². The van der Waals surface area contributed by atoms with Crippen LogP contribution in [0.4, 0.5) is 5.69 Å². The Morgan fingerprint density at radius 1 is 1.55 bits per heavy atom. The van der Waals surface area contributed by atoms with Crippen molar-refractivity contribution in [2.24, 2.45) is 5.10 Å². The molecule has 0 spiro atoms. The molecule has 0 fully saturated rings. The third kappa shape index (κ3) is 2.81. The number of fused-ring (bicyclic) bond motifs is 1. The third-order valence-corrected chi connectivity index (χ3v) is 2.35. The lowest BCUT2D eigenvalue weighted by Gasteiger charge is -2.00. The Balaban J connectivity index is 2.22. The molecule has 0 radical (unpaired) electrons. The van der Waals surface area contributed by atoms with E-state index in [-0.39, 0.29) is 30.2 Å². The van der Waals surface area contributed by atoms with Gasteiger partial charge in [0.15, 0.2) is 11.5 Å². The van der Waals surface area contributed by atoms with Crippen molar-refractivity contribution in [1.82, 2.24) is 5.43 Å². The molecule has 1 heterocycles. The van der Waals surface area contributed by atoms with Crippen molar-refractivity contribution in [3.63, 3.8) is 0 Å². The number of nitrogens with one attached hydrogen (secondary N) is 1. The predicted molar refractivity (Wildman–Crippen MR) is 65.2 cm³/mol.